The first-order valence-corrected chi connectivity index (χ1v) is 5.02. The fourth-order valence-electron chi connectivity index (χ4n) is 0.826. The molecule has 0 saturated carbocycles. The number of alkyl halides is 2. The lowest BCUT2D eigenvalue weighted by atomic mass is 10.2. The normalized spacial score (nSPS) is 10.5. The molecule has 2 nitrogen and oxygen atoms in total. The fraction of sp³-hybridized carbons (Fsp3) is 0.143. The predicted octanol–water partition coefficient (Wildman–Crippen LogP) is 3.20. The number of carbonyl (C=O) groups excluding carboxylic acids is 1. The number of pyridine rings is 1. The lowest BCUT2D eigenvalue weighted by molar-refractivity contribution is 0.110. The van der Waals surface area contributed by atoms with Crippen LogP contribution in [0.2, 0.25) is 0 Å². The van der Waals surface area contributed by atoms with E-state index in [1.54, 1.807) is 22.6 Å². The highest BCUT2D eigenvalue weighted by molar-refractivity contribution is 14.1. The Balaban J connectivity index is 3.43. The van der Waals surface area contributed by atoms with Crippen molar-refractivity contribution in [3.63, 3.8) is 0 Å². The Morgan fingerprint density at radius 2 is 2.23 bits per heavy atom. The first kappa shape index (κ1) is 11.0. The Kier molecular flexibility index (Phi) is 3.72. The molecule has 0 fully saturated rings. The van der Waals surface area contributed by atoms with E-state index >= 15 is 0 Å². The molecule has 0 aromatic carbocycles. The van der Waals surface area contributed by atoms with E-state index in [0.29, 0.717) is 6.29 Å². The van der Waals surface area contributed by atoms with Gasteiger partial charge in [0.05, 0.1) is 5.56 Å². The van der Waals surface area contributed by atoms with Crippen molar-refractivity contribution in [3.05, 3.63) is 25.5 Å². The highest BCUT2D eigenvalue weighted by Crippen LogP contribution is 2.29. The van der Waals surface area contributed by atoms with Gasteiger partial charge >= 0.3 is 0 Å². The first-order chi connectivity index (χ1) is 6.07. The van der Waals surface area contributed by atoms with Gasteiger partial charge < -0.3 is 0 Å². The number of aldehydes is 1. The van der Waals surface area contributed by atoms with Gasteiger partial charge in [0.25, 0.3) is 6.43 Å². The van der Waals surface area contributed by atoms with Gasteiger partial charge in [0.1, 0.15) is 4.60 Å². The summed E-state index contributed by atoms with van der Waals surface area (Å²) >= 11 is 4.65. The maximum Gasteiger partial charge on any atom is 0.265 e. The Morgan fingerprint density at radius 3 is 2.62 bits per heavy atom. The summed E-state index contributed by atoms with van der Waals surface area (Å²) in [6, 6.07) is 0. The van der Waals surface area contributed by atoms with Crippen molar-refractivity contribution in [1.82, 2.24) is 4.98 Å². The standard InChI is InChI=1S/C7H3BrF2INO/c8-6-3(2-13)5(7(9)10)4(11)1-12-6/h1-2,7H. The van der Waals surface area contributed by atoms with E-state index in [1.165, 1.54) is 6.20 Å². The van der Waals surface area contributed by atoms with Gasteiger partial charge in [-0.15, -0.1) is 0 Å². The molecule has 6 heteroatoms. The second kappa shape index (κ2) is 4.41. The van der Waals surface area contributed by atoms with Gasteiger partial charge in [0, 0.05) is 15.3 Å². The number of hydrogen-bond donors (Lipinski definition) is 0. The van der Waals surface area contributed by atoms with E-state index in [2.05, 4.69) is 20.9 Å². The quantitative estimate of drug-likeness (QED) is 0.460. The molecule has 0 saturated heterocycles. The maximum absolute atomic E-state index is 12.4. The van der Waals surface area contributed by atoms with Gasteiger partial charge in [-0.1, -0.05) is 0 Å². The third-order valence-electron chi connectivity index (χ3n) is 1.40. The number of hydrogen-bond acceptors (Lipinski definition) is 2. The van der Waals surface area contributed by atoms with Crippen LogP contribution in [-0.4, -0.2) is 11.3 Å². The van der Waals surface area contributed by atoms with E-state index in [-0.39, 0.29) is 19.3 Å². The number of halogens is 4. The molecule has 1 aromatic rings. The number of carbonyl (C=O) groups is 1. The molecule has 0 unspecified atom stereocenters. The van der Waals surface area contributed by atoms with Gasteiger partial charge in [0.15, 0.2) is 6.29 Å². The molecular weight excluding hydrogens is 359 g/mol. The summed E-state index contributed by atoms with van der Waals surface area (Å²) in [4.78, 5) is 14.2. The average Bonchev–Trinajstić information content (AvgIpc) is 2.07. The van der Waals surface area contributed by atoms with Gasteiger partial charge in [-0.2, -0.15) is 0 Å². The molecule has 1 rings (SSSR count). The van der Waals surface area contributed by atoms with Crippen LogP contribution in [0.3, 0.4) is 0 Å². The minimum absolute atomic E-state index is 0.0816. The van der Waals surface area contributed by atoms with Crippen molar-refractivity contribution < 1.29 is 13.6 Å². The molecule has 0 amide bonds. The zero-order valence-electron chi connectivity index (χ0n) is 6.10. The second-order valence-electron chi connectivity index (χ2n) is 2.14. The zero-order chi connectivity index (χ0) is 10.0. The topological polar surface area (TPSA) is 30.0 Å². The molecule has 13 heavy (non-hydrogen) atoms. The molecule has 0 spiro atoms. The lowest BCUT2D eigenvalue weighted by Crippen LogP contribution is -2.00. The minimum Gasteiger partial charge on any atom is -0.298 e. The predicted molar refractivity (Wildman–Crippen MR) is 55.0 cm³/mol. The Morgan fingerprint density at radius 1 is 1.62 bits per heavy atom. The van der Waals surface area contributed by atoms with Crippen LogP contribution in [0.25, 0.3) is 0 Å². The van der Waals surface area contributed by atoms with Crippen molar-refractivity contribution in [2.75, 3.05) is 0 Å². The first-order valence-electron chi connectivity index (χ1n) is 3.15. The largest absolute Gasteiger partial charge is 0.298 e. The molecule has 0 bridgehead atoms. The average molecular weight is 362 g/mol. The van der Waals surface area contributed by atoms with Gasteiger partial charge in [-0.25, -0.2) is 13.8 Å². The molecule has 0 atom stereocenters. The van der Waals surface area contributed by atoms with E-state index in [9.17, 15) is 13.6 Å². The molecule has 0 aliphatic rings. The lowest BCUT2D eigenvalue weighted by Gasteiger charge is -2.06. The Labute approximate surface area is 95.0 Å². The molecule has 0 aliphatic heterocycles. The van der Waals surface area contributed by atoms with Crippen LogP contribution in [0.1, 0.15) is 22.3 Å². The monoisotopic (exact) mass is 361 g/mol. The van der Waals surface area contributed by atoms with Gasteiger partial charge in [0.2, 0.25) is 0 Å². The van der Waals surface area contributed by atoms with Crippen molar-refractivity contribution >= 4 is 44.8 Å². The van der Waals surface area contributed by atoms with Crippen molar-refractivity contribution in [3.8, 4) is 0 Å². The molecular formula is C7H3BrF2INO. The summed E-state index contributed by atoms with van der Waals surface area (Å²) in [5, 5.41) is 0. The van der Waals surface area contributed by atoms with Crippen molar-refractivity contribution in [1.29, 1.82) is 0 Å². The smallest absolute Gasteiger partial charge is 0.265 e. The summed E-state index contributed by atoms with van der Waals surface area (Å²) in [7, 11) is 0. The Hall–Kier alpha value is -0.110. The summed E-state index contributed by atoms with van der Waals surface area (Å²) in [6.45, 7) is 0. The minimum atomic E-state index is -2.66. The zero-order valence-corrected chi connectivity index (χ0v) is 9.84. The third kappa shape index (κ3) is 2.22. The number of rotatable bonds is 2. The van der Waals surface area contributed by atoms with Crippen LogP contribution in [0.15, 0.2) is 10.8 Å². The van der Waals surface area contributed by atoms with Crippen LogP contribution in [-0.2, 0) is 0 Å². The highest BCUT2D eigenvalue weighted by Gasteiger charge is 2.19. The fourth-order valence-corrected chi connectivity index (χ4v) is 1.90. The summed E-state index contributed by atoms with van der Waals surface area (Å²) < 4.78 is 25.3. The highest BCUT2D eigenvalue weighted by atomic mass is 127. The van der Waals surface area contributed by atoms with Crippen LogP contribution in [0.4, 0.5) is 8.78 Å². The van der Waals surface area contributed by atoms with Gasteiger partial charge in [-0.05, 0) is 38.5 Å². The molecule has 0 aliphatic carbocycles. The summed E-state index contributed by atoms with van der Waals surface area (Å²) in [6.07, 6.45) is -0.994. The van der Waals surface area contributed by atoms with Crippen LogP contribution >= 0.6 is 38.5 Å². The number of nitrogens with zero attached hydrogens (tertiary/aromatic N) is 1. The molecule has 0 N–H and O–H groups in total. The molecule has 1 aromatic heterocycles. The molecule has 1 heterocycles. The Bertz CT molecular complexity index is 346. The van der Waals surface area contributed by atoms with E-state index < -0.39 is 6.43 Å². The van der Waals surface area contributed by atoms with E-state index in [1.807, 2.05) is 0 Å². The van der Waals surface area contributed by atoms with E-state index in [0.717, 1.165) is 0 Å². The van der Waals surface area contributed by atoms with Crippen LogP contribution in [0, 0.1) is 3.57 Å². The second-order valence-corrected chi connectivity index (χ2v) is 4.06. The molecule has 0 radical (unpaired) electrons. The van der Waals surface area contributed by atoms with Crippen LogP contribution in [0.5, 0.6) is 0 Å². The third-order valence-corrected chi connectivity index (χ3v) is 2.89. The number of aromatic nitrogens is 1. The maximum atomic E-state index is 12.4. The van der Waals surface area contributed by atoms with Crippen molar-refractivity contribution in [2.24, 2.45) is 0 Å². The molecule has 70 valence electrons. The van der Waals surface area contributed by atoms with Gasteiger partial charge in [-0.3, -0.25) is 4.79 Å². The summed E-state index contributed by atoms with van der Waals surface area (Å²) in [5.74, 6) is 0. The SMILES string of the molecule is O=Cc1c(Br)ncc(I)c1C(F)F. The summed E-state index contributed by atoms with van der Waals surface area (Å²) in [5.41, 5.74) is -0.348. The van der Waals surface area contributed by atoms with E-state index in [4.69, 9.17) is 0 Å². The van der Waals surface area contributed by atoms with Crippen LogP contribution < -0.4 is 0 Å². The van der Waals surface area contributed by atoms with Crippen molar-refractivity contribution in [2.45, 2.75) is 6.43 Å².